The second-order valence-corrected chi connectivity index (χ2v) is 8.93. The summed E-state index contributed by atoms with van der Waals surface area (Å²) in [4.78, 5) is 18.2. The molecule has 0 radical (unpaired) electrons. The standard InChI is InChI=1S/C25H21ClN4O3S/c1-32-16-11-12-18(21(13-16)33-2)23-27-20-10-6-4-8-17(20)22-24(31)28-25(29-30(22)23)34-14-15-7-3-5-9-19(15)26/h3-13,23H,14H2,1-2H3,(H,28,29,31). The molecule has 1 amide bonds. The first-order valence-corrected chi connectivity index (χ1v) is 11.9. The summed E-state index contributed by atoms with van der Waals surface area (Å²) < 4.78 is 11.0. The molecule has 9 heteroatoms. The Kier molecular flexibility index (Phi) is 6.17. The first kappa shape index (κ1) is 22.3. The number of fused-ring (bicyclic) bond motifs is 2. The van der Waals surface area contributed by atoms with Crippen molar-refractivity contribution in [2.24, 2.45) is 10.1 Å². The first-order valence-electron chi connectivity index (χ1n) is 10.5. The van der Waals surface area contributed by atoms with Crippen LogP contribution in [0.3, 0.4) is 0 Å². The lowest BCUT2D eigenvalue weighted by molar-refractivity contribution is -0.116. The van der Waals surface area contributed by atoms with Gasteiger partial charge in [0.15, 0.2) is 11.3 Å². The van der Waals surface area contributed by atoms with Gasteiger partial charge in [-0.25, -0.2) is 5.01 Å². The molecule has 0 aromatic heterocycles. The predicted molar refractivity (Wildman–Crippen MR) is 133 cm³/mol. The molecule has 2 aliphatic rings. The molecule has 0 saturated heterocycles. The van der Waals surface area contributed by atoms with E-state index in [1.807, 2.05) is 60.7 Å². The van der Waals surface area contributed by atoms with Gasteiger partial charge in [-0.05, 0) is 29.8 Å². The lowest BCUT2D eigenvalue weighted by Gasteiger charge is -2.34. The van der Waals surface area contributed by atoms with E-state index in [9.17, 15) is 4.79 Å². The van der Waals surface area contributed by atoms with E-state index in [0.717, 1.165) is 16.3 Å². The van der Waals surface area contributed by atoms with Crippen molar-refractivity contribution in [2.45, 2.75) is 11.9 Å². The molecular weight excluding hydrogens is 472 g/mol. The SMILES string of the molecule is COc1ccc(C2N=c3ccccc3=C3C(=O)NC(SCc4ccccc4Cl)=NN32)c(OC)c1. The highest BCUT2D eigenvalue weighted by Gasteiger charge is 2.35. The number of nitrogens with one attached hydrogen (secondary N) is 1. The highest BCUT2D eigenvalue weighted by molar-refractivity contribution is 8.13. The lowest BCUT2D eigenvalue weighted by Crippen LogP contribution is -2.50. The Morgan fingerprint density at radius 2 is 1.85 bits per heavy atom. The van der Waals surface area contributed by atoms with E-state index in [2.05, 4.69) is 5.32 Å². The quantitative estimate of drug-likeness (QED) is 0.590. The van der Waals surface area contributed by atoms with Crippen molar-refractivity contribution in [1.82, 2.24) is 10.3 Å². The van der Waals surface area contributed by atoms with Crippen molar-refractivity contribution < 1.29 is 14.3 Å². The summed E-state index contributed by atoms with van der Waals surface area (Å²) in [7, 11) is 3.19. The van der Waals surface area contributed by atoms with Crippen LogP contribution in [0.5, 0.6) is 11.5 Å². The molecule has 0 aliphatic carbocycles. The van der Waals surface area contributed by atoms with Crippen LogP contribution in [-0.4, -0.2) is 30.3 Å². The zero-order valence-corrected chi connectivity index (χ0v) is 20.1. The summed E-state index contributed by atoms with van der Waals surface area (Å²) >= 11 is 7.71. The third-order valence-electron chi connectivity index (χ3n) is 5.56. The minimum atomic E-state index is -0.590. The summed E-state index contributed by atoms with van der Waals surface area (Å²) in [5.41, 5.74) is 2.17. The van der Waals surface area contributed by atoms with Gasteiger partial charge in [0.25, 0.3) is 5.91 Å². The molecule has 2 heterocycles. The van der Waals surface area contributed by atoms with Crippen LogP contribution in [0.4, 0.5) is 0 Å². The van der Waals surface area contributed by atoms with Gasteiger partial charge in [-0.3, -0.25) is 15.1 Å². The molecule has 0 bridgehead atoms. The number of hydrogen-bond donors (Lipinski definition) is 1. The van der Waals surface area contributed by atoms with Gasteiger partial charge in [-0.1, -0.05) is 59.8 Å². The summed E-state index contributed by atoms with van der Waals surface area (Å²) in [6, 6.07) is 20.7. The fourth-order valence-electron chi connectivity index (χ4n) is 3.89. The van der Waals surface area contributed by atoms with Crippen molar-refractivity contribution in [1.29, 1.82) is 0 Å². The number of hydrogen-bond acceptors (Lipinski definition) is 7. The zero-order chi connectivity index (χ0) is 23.7. The maximum Gasteiger partial charge on any atom is 0.276 e. The van der Waals surface area contributed by atoms with E-state index < -0.39 is 6.17 Å². The van der Waals surface area contributed by atoms with Gasteiger partial charge in [0, 0.05) is 27.6 Å². The number of methoxy groups -OCH3 is 2. The highest BCUT2D eigenvalue weighted by Crippen LogP contribution is 2.37. The number of thioether (sulfide) groups is 1. The summed E-state index contributed by atoms with van der Waals surface area (Å²) in [6.45, 7) is 0. The first-order chi connectivity index (χ1) is 16.6. The van der Waals surface area contributed by atoms with E-state index in [0.29, 0.717) is 38.5 Å². The van der Waals surface area contributed by atoms with Crippen LogP contribution in [0.25, 0.3) is 5.70 Å². The monoisotopic (exact) mass is 492 g/mol. The predicted octanol–water partition coefficient (Wildman–Crippen LogP) is 3.43. The second kappa shape index (κ2) is 9.40. The van der Waals surface area contributed by atoms with Gasteiger partial charge in [-0.15, -0.1) is 5.10 Å². The average Bonchev–Trinajstić information content (AvgIpc) is 2.87. The number of carbonyl (C=O) groups excluding carboxylic acids is 1. The molecule has 7 nitrogen and oxygen atoms in total. The summed E-state index contributed by atoms with van der Waals surface area (Å²) in [5.74, 6) is 1.58. The number of amides is 1. The molecule has 1 atom stereocenters. The third-order valence-corrected chi connectivity index (χ3v) is 6.84. The minimum absolute atomic E-state index is 0.239. The van der Waals surface area contributed by atoms with E-state index in [1.165, 1.54) is 11.8 Å². The summed E-state index contributed by atoms with van der Waals surface area (Å²) in [6.07, 6.45) is -0.590. The van der Waals surface area contributed by atoms with Crippen LogP contribution < -0.4 is 25.4 Å². The number of ether oxygens (including phenoxy) is 2. The van der Waals surface area contributed by atoms with Gasteiger partial charge in [-0.2, -0.15) is 0 Å². The molecule has 2 aliphatic heterocycles. The Labute approximate surface area is 205 Å². The molecule has 34 heavy (non-hydrogen) atoms. The van der Waals surface area contributed by atoms with Crippen molar-refractivity contribution in [2.75, 3.05) is 14.2 Å². The summed E-state index contributed by atoms with van der Waals surface area (Å²) in [5, 5.41) is 12.0. The maximum atomic E-state index is 13.3. The Morgan fingerprint density at radius 1 is 1.06 bits per heavy atom. The molecule has 1 unspecified atom stereocenters. The second-order valence-electron chi connectivity index (χ2n) is 7.56. The Balaban J connectivity index is 1.59. The van der Waals surface area contributed by atoms with E-state index in [-0.39, 0.29) is 5.91 Å². The normalized spacial score (nSPS) is 16.6. The Bertz CT molecular complexity index is 1430. The number of halogens is 1. The highest BCUT2D eigenvalue weighted by atomic mass is 35.5. The number of rotatable bonds is 5. The Morgan fingerprint density at radius 3 is 2.65 bits per heavy atom. The Hall–Kier alpha value is -3.49. The smallest absolute Gasteiger partial charge is 0.276 e. The molecule has 0 spiro atoms. The average molecular weight is 493 g/mol. The molecule has 1 N–H and O–H groups in total. The van der Waals surface area contributed by atoms with E-state index in [1.54, 1.807) is 25.3 Å². The van der Waals surface area contributed by atoms with Crippen molar-refractivity contribution >= 4 is 40.1 Å². The molecule has 0 fully saturated rings. The fourth-order valence-corrected chi connectivity index (χ4v) is 5.02. The minimum Gasteiger partial charge on any atom is -0.497 e. The fraction of sp³-hybridized carbons (Fsp3) is 0.160. The number of amidine groups is 1. The van der Waals surface area contributed by atoms with Crippen LogP contribution in [0.15, 0.2) is 76.8 Å². The molecule has 172 valence electrons. The number of hydrazone groups is 1. The van der Waals surface area contributed by atoms with Crippen LogP contribution in [0.2, 0.25) is 5.02 Å². The van der Waals surface area contributed by atoms with Crippen molar-refractivity contribution in [3.8, 4) is 11.5 Å². The molecule has 3 aromatic rings. The number of nitrogens with zero attached hydrogens (tertiary/aromatic N) is 3. The molecule has 3 aromatic carbocycles. The van der Waals surface area contributed by atoms with Crippen LogP contribution in [0, 0.1) is 0 Å². The number of carbonyl (C=O) groups is 1. The van der Waals surface area contributed by atoms with Crippen LogP contribution in [0.1, 0.15) is 17.3 Å². The van der Waals surface area contributed by atoms with Gasteiger partial charge in [0.05, 0.1) is 19.6 Å². The number of benzene rings is 3. The zero-order valence-electron chi connectivity index (χ0n) is 18.5. The molecule has 0 saturated carbocycles. The lowest BCUT2D eigenvalue weighted by atomic mass is 10.1. The largest absolute Gasteiger partial charge is 0.497 e. The van der Waals surface area contributed by atoms with Crippen molar-refractivity contribution in [3.05, 3.63) is 93.5 Å². The molecule has 5 rings (SSSR count). The van der Waals surface area contributed by atoms with Gasteiger partial charge in [0.2, 0.25) is 0 Å². The number of para-hydroxylation sites is 1. The van der Waals surface area contributed by atoms with Gasteiger partial charge < -0.3 is 9.47 Å². The van der Waals surface area contributed by atoms with E-state index in [4.69, 9.17) is 31.2 Å². The van der Waals surface area contributed by atoms with Crippen LogP contribution >= 0.6 is 23.4 Å². The third kappa shape index (κ3) is 4.10. The van der Waals surface area contributed by atoms with Crippen molar-refractivity contribution in [3.63, 3.8) is 0 Å². The maximum absolute atomic E-state index is 13.3. The van der Waals surface area contributed by atoms with Gasteiger partial charge in [0.1, 0.15) is 17.2 Å². The molecular formula is C25H21ClN4O3S. The van der Waals surface area contributed by atoms with Crippen LogP contribution in [-0.2, 0) is 10.5 Å². The topological polar surface area (TPSA) is 75.5 Å². The van der Waals surface area contributed by atoms with Gasteiger partial charge >= 0.3 is 0 Å². The van der Waals surface area contributed by atoms with E-state index >= 15 is 0 Å².